The van der Waals surface area contributed by atoms with Gasteiger partial charge in [0.1, 0.15) is 11.5 Å². The number of pyridine rings is 1. The predicted molar refractivity (Wildman–Crippen MR) is 73.2 cm³/mol. The Labute approximate surface area is 112 Å². The van der Waals surface area contributed by atoms with E-state index in [9.17, 15) is 0 Å². The first kappa shape index (κ1) is 12.9. The number of nitrogens with zero attached hydrogens (tertiary/aromatic N) is 1. The summed E-state index contributed by atoms with van der Waals surface area (Å²) in [7, 11) is 1.94. The van der Waals surface area contributed by atoms with E-state index in [1.54, 1.807) is 18.5 Å². The van der Waals surface area contributed by atoms with Crippen molar-refractivity contribution in [1.29, 1.82) is 0 Å². The van der Waals surface area contributed by atoms with Crippen LogP contribution in [0.1, 0.15) is 18.5 Å². The highest BCUT2D eigenvalue weighted by Gasteiger charge is 2.03. The molecule has 1 unspecified atom stereocenters. The third-order valence-corrected chi connectivity index (χ3v) is 2.94. The molecule has 0 bridgehead atoms. The topological polar surface area (TPSA) is 34.1 Å². The van der Waals surface area contributed by atoms with Crippen LogP contribution >= 0.6 is 11.6 Å². The fourth-order valence-corrected chi connectivity index (χ4v) is 1.74. The number of aromatic nitrogens is 1. The first-order valence-corrected chi connectivity index (χ1v) is 6.12. The average Bonchev–Trinajstić information content (AvgIpc) is 2.39. The van der Waals surface area contributed by atoms with Gasteiger partial charge < -0.3 is 10.1 Å². The molecule has 1 N–H and O–H groups in total. The van der Waals surface area contributed by atoms with Crippen LogP contribution in [0.15, 0.2) is 42.7 Å². The van der Waals surface area contributed by atoms with Crippen LogP contribution in [-0.4, -0.2) is 12.0 Å². The van der Waals surface area contributed by atoms with Gasteiger partial charge in [-0.15, -0.1) is 0 Å². The largest absolute Gasteiger partial charge is 0.456 e. The van der Waals surface area contributed by atoms with E-state index in [4.69, 9.17) is 16.3 Å². The fourth-order valence-electron chi connectivity index (χ4n) is 1.58. The van der Waals surface area contributed by atoms with Gasteiger partial charge in [-0.05, 0) is 31.7 Å². The summed E-state index contributed by atoms with van der Waals surface area (Å²) in [4.78, 5) is 3.97. The molecule has 0 spiro atoms. The summed E-state index contributed by atoms with van der Waals surface area (Å²) in [5, 5.41) is 3.75. The Morgan fingerprint density at radius 3 is 2.50 bits per heavy atom. The second-order valence-corrected chi connectivity index (χ2v) is 4.46. The van der Waals surface area contributed by atoms with E-state index >= 15 is 0 Å². The molecule has 1 aromatic heterocycles. The molecule has 4 heteroatoms. The lowest BCUT2D eigenvalue weighted by atomic mass is 10.1. The lowest BCUT2D eigenvalue weighted by molar-refractivity contribution is 0.479. The minimum Gasteiger partial charge on any atom is -0.456 e. The number of nitrogens with one attached hydrogen (secondary N) is 1. The molecule has 2 aromatic rings. The molecule has 0 saturated carbocycles. The van der Waals surface area contributed by atoms with Crippen molar-refractivity contribution in [2.24, 2.45) is 0 Å². The van der Waals surface area contributed by atoms with E-state index < -0.39 is 0 Å². The van der Waals surface area contributed by atoms with Gasteiger partial charge in [-0.1, -0.05) is 23.7 Å². The third kappa shape index (κ3) is 3.22. The SMILES string of the molecule is CNC(C)c1ccc(Oc2cncc(Cl)c2)cc1. The highest BCUT2D eigenvalue weighted by Crippen LogP contribution is 2.24. The molecule has 1 heterocycles. The van der Waals surface area contributed by atoms with Crippen LogP contribution in [0.2, 0.25) is 5.02 Å². The number of rotatable bonds is 4. The van der Waals surface area contributed by atoms with Crippen molar-refractivity contribution in [1.82, 2.24) is 10.3 Å². The maximum Gasteiger partial charge on any atom is 0.147 e. The van der Waals surface area contributed by atoms with Crippen molar-refractivity contribution in [2.45, 2.75) is 13.0 Å². The Kier molecular flexibility index (Phi) is 4.18. The number of ether oxygens (including phenoxy) is 1. The zero-order valence-electron chi connectivity index (χ0n) is 10.4. The molecule has 1 atom stereocenters. The molecule has 3 nitrogen and oxygen atoms in total. The number of halogens is 1. The van der Waals surface area contributed by atoms with Gasteiger partial charge in [0, 0.05) is 18.3 Å². The van der Waals surface area contributed by atoms with Crippen LogP contribution in [0.3, 0.4) is 0 Å². The van der Waals surface area contributed by atoms with Crippen molar-refractivity contribution in [3.8, 4) is 11.5 Å². The third-order valence-electron chi connectivity index (χ3n) is 2.73. The number of hydrogen-bond acceptors (Lipinski definition) is 3. The van der Waals surface area contributed by atoms with Gasteiger partial charge in [0.25, 0.3) is 0 Å². The highest BCUT2D eigenvalue weighted by molar-refractivity contribution is 6.30. The molecule has 0 saturated heterocycles. The van der Waals surface area contributed by atoms with E-state index in [1.165, 1.54) is 5.56 Å². The molecule has 0 aliphatic heterocycles. The van der Waals surface area contributed by atoms with E-state index in [1.807, 2.05) is 31.3 Å². The normalized spacial score (nSPS) is 12.2. The van der Waals surface area contributed by atoms with Crippen molar-refractivity contribution in [2.75, 3.05) is 7.05 Å². The van der Waals surface area contributed by atoms with Crippen molar-refractivity contribution < 1.29 is 4.74 Å². The molecule has 94 valence electrons. The average molecular weight is 263 g/mol. The Morgan fingerprint density at radius 2 is 1.89 bits per heavy atom. The first-order valence-electron chi connectivity index (χ1n) is 5.74. The molecule has 2 rings (SSSR count). The van der Waals surface area contributed by atoms with Gasteiger partial charge >= 0.3 is 0 Å². The monoisotopic (exact) mass is 262 g/mol. The number of hydrogen-bond donors (Lipinski definition) is 1. The summed E-state index contributed by atoms with van der Waals surface area (Å²) < 4.78 is 5.66. The zero-order chi connectivity index (χ0) is 13.0. The molecule has 0 fully saturated rings. The van der Waals surface area contributed by atoms with Gasteiger partial charge in [0.2, 0.25) is 0 Å². The summed E-state index contributed by atoms with van der Waals surface area (Å²) in [6.07, 6.45) is 3.21. The van der Waals surface area contributed by atoms with Gasteiger partial charge in [-0.25, -0.2) is 0 Å². The summed E-state index contributed by atoms with van der Waals surface area (Å²) in [5.41, 5.74) is 1.22. The Bertz CT molecular complexity index is 513. The summed E-state index contributed by atoms with van der Waals surface area (Å²) in [6.45, 7) is 2.11. The number of benzene rings is 1. The van der Waals surface area contributed by atoms with Crippen molar-refractivity contribution in [3.05, 3.63) is 53.3 Å². The van der Waals surface area contributed by atoms with E-state index in [0.717, 1.165) is 5.75 Å². The molecule has 0 radical (unpaired) electrons. The Hall–Kier alpha value is -1.58. The van der Waals surface area contributed by atoms with Crippen LogP contribution < -0.4 is 10.1 Å². The molecule has 0 amide bonds. The van der Waals surface area contributed by atoms with Gasteiger partial charge in [0.15, 0.2) is 0 Å². The minimum absolute atomic E-state index is 0.326. The molecule has 1 aromatic carbocycles. The second kappa shape index (κ2) is 5.85. The van der Waals surface area contributed by atoms with Crippen LogP contribution in [0, 0.1) is 0 Å². The molecule has 0 aliphatic carbocycles. The smallest absolute Gasteiger partial charge is 0.147 e. The highest BCUT2D eigenvalue weighted by atomic mass is 35.5. The van der Waals surface area contributed by atoms with E-state index in [0.29, 0.717) is 16.8 Å². The second-order valence-electron chi connectivity index (χ2n) is 4.02. The lowest BCUT2D eigenvalue weighted by Crippen LogP contribution is -2.11. The molecular weight excluding hydrogens is 248 g/mol. The molecular formula is C14H15ClN2O. The van der Waals surface area contributed by atoms with Gasteiger partial charge in [-0.2, -0.15) is 0 Å². The summed E-state index contributed by atoms with van der Waals surface area (Å²) >= 11 is 5.85. The Balaban J connectivity index is 2.11. The lowest BCUT2D eigenvalue weighted by Gasteiger charge is -2.11. The van der Waals surface area contributed by atoms with Gasteiger partial charge in [0.05, 0.1) is 11.2 Å². The fraction of sp³-hybridized carbons (Fsp3) is 0.214. The van der Waals surface area contributed by atoms with E-state index in [2.05, 4.69) is 17.2 Å². The van der Waals surface area contributed by atoms with Crippen LogP contribution in [0.25, 0.3) is 0 Å². The summed E-state index contributed by atoms with van der Waals surface area (Å²) in [5.74, 6) is 1.41. The predicted octanol–water partition coefficient (Wildman–Crippen LogP) is 3.81. The standard InChI is InChI=1S/C14H15ClN2O/c1-10(16-2)11-3-5-13(6-4-11)18-14-7-12(15)8-17-9-14/h3-10,16H,1-2H3. The van der Waals surface area contributed by atoms with Gasteiger partial charge in [-0.3, -0.25) is 4.98 Å². The Morgan fingerprint density at radius 1 is 1.17 bits per heavy atom. The van der Waals surface area contributed by atoms with E-state index in [-0.39, 0.29) is 0 Å². The van der Waals surface area contributed by atoms with Crippen molar-refractivity contribution >= 4 is 11.6 Å². The van der Waals surface area contributed by atoms with Crippen molar-refractivity contribution in [3.63, 3.8) is 0 Å². The minimum atomic E-state index is 0.326. The molecule has 18 heavy (non-hydrogen) atoms. The van der Waals surface area contributed by atoms with Crippen LogP contribution in [0.5, 0.6) is 11.5 Å². The van der Waals surface area contributed by atoms with Crippen LogP contribution in [0.4, 0.5) is 0 Å². The maximum atomic E-state index is 5.85. The maximum absolute atomic E-state index is 5.85. The zero-order valence-corrected chi connectivity index (χ0v) is 11.1. The first-order chi connectivity index (χ1) is 8.69. The quantitative estimate of drug-likeness (QED) is 0.910. The van der Waals surface area contributed by atoms with Crippen LogP contribution in [-0.2, 0) is 0 Å². The molecule has 0 aliphatic rings. The summed E-state index contributed by atoms with van der Waals surface area (Å²) in [6, 6.07) is 10.0.